The fourth-order valence-electron chi connectivity index (χ4n) is 3.05. The molecule has 0 bridgehead atoms. The van der Waals surface area contributed by atoms with Crippen LogP contribution in [0.2, 0.25) is 0 Å². The number of hydrogen-bond acceptors (Lipinski definition) is 6. The Bertz CT molecular complexity index is 806. The fourth-order valence-corrected chi connectivity index (χ4v) is 3.95. The third-order valence-corrected chi connectivity index (χ3v) is 5.57. The van der Waals surface area contributed by atoms with E-state index < -0.39 is 9.84 Å². The molecule has 1 aliphatic rings. The number of benzene rings is 1. The molecule has 3 rings (SSSR count). The molecule has 1 aliphatic heterocycles. The van der Waals surface area contributed by atoms with Gasteiger partial charge in [-0.3, -0.25) is 0 Å². The number of anilines is 1. The summed E-state index contributed by atoms with van der Waals surface area (Å²) < 4.78 is 29.4. The van der Waals surface area contributed by atoms with Crippen molar-refractivity contribution < 1.29 is 12.9 Å². The van der Waals surface area contributed by atoms with Crippen LogP contribution < -0.4 is 4.90 Å². The number of sulfone groups is 1. The predicted octanol–water partition coefficient (Wildman–Crippen LogP) is 2.98. The highest BCUT2D eigenvalue weighted by molar-refractivity contribution is 7.90. The van der Waals surface area contributed by atoms with Gasteiger partial charge in [0.05, 0.1) is 10.6 Å². The molecule has 0 amide bonds. The summed E-state index contributed by atoms with van der Waals surface area (Å²) in [6, 6.07) is 7.19. The second-order valence-electron chi connectivity index (χ2n) is 6.65. The lowest BCUT2D eigenvalue weighted by Gasteiger charge is -2.33. The van der Waals surface area contributed by atoms with Gasteiger partial charge >= 0.3 is 0 Å². The molecule has 1 saturated heterocycles. The molecule has 0 aliphatic carbocycles. The van der Waals surface area contributed by atoms with Gasteiger partial charge in [0.2, 0.25) is 5.89 Å². The zero-order valence-electron chi connectivity index (χ0n) is 14.3. The van der Waals surface area contributed by atoms with Gasteiger partial charge < -0.3 is 9.42 Å². The number of nitrogens with zero attached hydrogens (tertiary/aromatic N) is 3. The quantitative estimate of drug-likeness (QED) is 0.844. The highest BCUT2D eigenvalue weighted by atomic mass is 32.2. The Morgan fingerprint density at radius 1 is 1.21 bits per heavy atom. The van der Waals surface area contributed by atoms with Crippen molar-refractivity contribution in [2.24, 2.45) is 0 Å². The number of hydrogen-bond donors (Lipinski definition) is 0. The molecule has 0 spiro atoms. The molecular formula is C17H23N3O3S. The zero-order chi connectivity index (χ0) is 17.3. The normalized spacial score (nSPS) is 16.8. The molecule has 7 heteroatoms. The fraction of sp³-hybridized carbons (Fsp3) is 0.529. The van der Waals surface area contributed by atoms with Gasteiger partial charge in [0.25, 0.3) is 0 Å². The maximum atomic E-state index is 12.0. The third-order valence-electron chi connectivity index (χ3n) is 4.42. The first-order valence-corrected chi connectivity index (χ1v) is 10.1. The Kier molecular flexibility index (Phi) is 4.62. The van der Waals surface area contributed by atoms with Crippen molar-refractivity contribution in [2.45, 2.75) is 43.4 Å². The first-order chi connectivity index (χ1) is 11.4. The van der Waals surface area contributed by atoms with Crippen molar-refractivity contribution in [3.63, 3.8) is 0 Å². The molecule has 1 fully saturated rings. The monoisotopic (exact) mass is 349 g/mol. The van der Waals surface area contributed by atoms with Crippen LogP contribution in [-0.2, 0) is 9.84 Å². The zero-order valence-corrected chi connectivity index (χ0v) is 15.1. The van der Waals surface area contributed by atoms with Crippen LogP contribution >= 0.6 is 0 Å². The SMILES string of the molecule is CC(C)c1noc(C2CCN(c3ccccc3S(C)(=O)=O)CC2)n1. The van der Waals surface area contributed by atoms with Gasteiger partial charge in [-0.15, -0.1) is 0 Å². The Morgan fingerprint density at radius 2 is 1.88 bits per heavy atom. The molecule has 0 atom stereocenters. The molecule has 1 aromatic heterocycles. The molecule has 6 nitrogen and oxygen atoms in total. The highest BCUT2D eigenvalue weighted by Gasteiger charge is 2.27. The van der Waals surface area contributed by atoms with E-state index in [0.29, 0.717) is 10.8 Å². The van der Waals surface area contributed by atoms with Crippen molar-refractivity contribution in [3.05, 3.63) is 36.0 Å². The molecule has 2 heterocycles. The van der Waals surface area contributed by atoms with E-state index in [0.717, 1.165) is 37.4 Å². The maximum Gasteiger partial charge on any atom is 0.229 e. The highest BCUT2D eigenvalue weighted by Crippen LogP contribution is 2.33. The third kappa shape index (κ3) is 3.45. The van der Waals surface area contributed by atoms with Crippen molar-refractivity contribution in [2.75, 3.05) is 24.2 Å². The molecular weight excluding hydrogens is 326 g/mol. The molecule has 0 radical (unpaired) electrons. The Hall–Kier alpha value is -1.89. The van der Waals surface area contributed by atoms with Crippen LogP contribution in [0.5, 0.6) is 0 Å². The van der Waals surface area contributed by atoms with E-state index in [2.05, 4.69) is 15.0 Å². The lowest BCUT2D eigenvalue weighted by atomic mass is 9.96. The maximum absolute atomic E-state index is 12.0. The van der Waals surface area contributed by atoms with Crippen LogP contribution in [0, 0.1) is 0 Å². The molecule has 0 N–H and O–H groups in total. The summed E-state index contributed by atoms with van der Waals surface area (Å²) in [6.45, 7) is 5.63. The summed E-state index contributed by atoms with van der Waals surface area (Å²) in [5.41, 5.74) is 0.784. The minimum absolute atomic E-state index is 0.242. The van der Waals surface area contributed by atoms with E-state index in [4.69, 9.17) is 4.52 Å². The van der Waals surface area contributed by atoms with Gasteiger partial charge in [0.1, 0.15) is 0 Å². The van der Waals surface area contributed by atoms with Crippen LogP contribution in [0.25, 0.3) is 0 Å². The topological polar surface area (TPSA) is 76.3 Å². The van der Waals surface area contributed by atoms with E-state index in [-0.39, 0.29) is 11.8 Å². The van der Waals surface area contributed by atoms with E-state index in [1.54, 1.807) is 12.1 Å². The molecule has 0 unspecified atom stereocenters. The number of para-hydroxylation sites is 1. The van der Waals surface area contributed by atoms with Gasteiger partial charge in [-0.2, -0.15) is 4.98 Å². The summed E-state index contributed by atoms with van der Waals surface area (Å²) in [5.74, 6) is 1.94. The second kappa shape index (κ2) is 6.55. The number of piperidine rings is 1. The van der Waals surface area contributed by atoms with E-state index in [9.17, 15) is 8.42 Å². The molecule has 130 valence electrons. The summed E-state index contributed by atoms with van der Waals surface area (Å²) in [7, 11) is -3.24. The molecule has 24 heavy (non-hydrogen) atoms. The van der Waals surface area contributed by atoms with Crippen LogP contribution in [0.3, 0.4) is 0 Å². The lowest BCUT2D eigenvalue weighted by molar-refractivity contribution is 0.326. The standard InChI is InChI=1S/C17H23N3O3S/c1-12(2)16-18-17(23-19-16)13-8-10-20(11-9-13)14-6-4-5-7-15(14)24(3,21)22/h4-7,12-13H,8-11H2,1-3H3. The summed E-state index contributed by atoms with van der Waals surface area (Å²) in [5, 5.41) is 4.04. The minimum atomic E-state index is -3.24. The number of rotatable bonds is 4. The average molecular weight is 349 g/mol. The first kappa shape index (κ1) is 17.0. The summed E-state index contributed by atoms with van der Waals surface area (Å²) >= 11 is 0. The van der Waals surface area contributed by atoms with Gasteiger partial charge in [0.15, 0.2) is 15.7 Å². The smallest absolute Gasteiger partial charge is 0.229 e. The lowest BCUT2D eigenvalue weighted by Crippen LogP contribution is -2.33. The van der Waals surface area contributed by atoms with Crippen LogP contribution in [0.4, 0.5) is 5.69 Å². The second-order valence-corrected chi connectivity index (χ2v) is 8.63. The van der Waals surface area contributed by atoms with Gasteiger partial charge in [-0.25, -0.2) is 8.42 Å². The molecule has 1 aromatic carbocycles. The van der Waals surface area contributed by atoms with Gasteiger partial charge in [0, 0.05) is 31.2 Å². The van der Waals surface area contributed by atoms with Crippen molar-refractivity contribution >= 4 is 15.5 Å². The van der Waals surface area contributed by atoms with Gasteiger partial charge in [-0.05, 0) is 25.0 Å². The van der Waals surface area contributed by atoms with Crippen molar-refractivity contribution in [1.82, 2.24) is 10.1 Å². The van der Waals surface area contributed by atoms with Crippen LogP contribution in [0.1, 0.15) is 50.2 Å². The van der Waals surface area contributed by atoms with Gasteiger partial charge in [-0.1, -0.05) is 31.1 Å². The predicted molar refractivity (Wildman–Crippen MR) is 92.1 cm³/mol. The van der Waals surface area contributed by atoms with Crippen LogP contribution in [-0.4, -0.2) is 37.9 Å². The summed E-state index contributed by atoms with van der Waals surface area (Å²) in [4.78, 5) is 7.02. The first-order valence-electron chi connectivity index (χ1n) is 8.24. The Balaban J connectivity index is 1.74. The summed E-state index contributed by atoms with van der Waals surface area (Å²) in [6.07, 6.45) is 3.00. The Labute approximate surface area is 142 Å². The minimum Gasteiger partial charge on any atom is -0.370 e. The van der Waals surface area contributed by atoms with Crippen LogP contribution in [0.15, 0.2) is 33.7 Å². The van der Waals surface area contributed by atoms with E-state index in [1.807, 2.05) is 26.0 Å². The Morgan fingerprint density at radius 3 is 2.46 bits per heavy atom. The molecule has 0 saturated carbocycles. The number of aromatic nitrogens is 2. The van der Waals surface area contributed by atoms with E-state index >= 15 is 0 Å². The van der Waals surface area contributed by atoms with Crippen molar-refractivity contribution in [1.29, 1.82) is 0 Å². The molecule has 2 aromatic rings. The van der Waals surface area contributed by atoms with Crippen molar-refractivity contribution in [3.8, 4) is 0 Å². The van der Waals surface area contributed by atoms with E-state index in [1.165, 1.54) is 6.26 Å². The largest absolute Gasteiger partial charge is 0.370 e. The average Bonchev–Trinajstić information content (AvgIpc) is 3.04.